The Morgan fingerprint density at radius 2 is 2.42 bits per heavy atom. The molecule has 4 heteroatoms. The minimum atomic E-state index is 0.535. The molecule has 0 aliphatic carbocycles. The van der Waals surface area contributed by atoms with Gasteiger partial charge in [0.25, 0.3) is 0 Å². The Morgan fingerprint density at radius 1 is 1.58 bits per heavy atom. The Kier molecular flexibility index (Phi) is 1.31. The topological polar surface area (TPSA) is 54.0 Å². The molecular formula is C8H6N4. The highest BCUT2D eigenvalue weighted by molar-refractivity contribution is 5.44. The van der Waals surface area contributed by atoms with Crippen LogP contribution in [-0.4, -0.2) is 14.6 Å². The molecule has 2 aromatic rings. The Morgan fingerprint density at radius 3 is 3.17 bits per heavy atom. The number of nitrogens with zero attached hydrogens (tertiary/aromatic N) is 4. The highest BCUT2D eigenvalue weighted by Crippen LogP contribution is 2.03. The van der Waals surface area contributed by atoms with Crippen LogP contribution in [0.4, 0.5) is 0 Å². The van der Waals surface area contributed by atoms with Gasteiger partial charge in [0, 0.05) is 6.07 Å². The van der Waals surface area contributed by atoms with Crippen LogP contribution >= 0.6 is 0 Å². The van der Waals surface area contributed by atoms with Crippen molar-refractivity contribution >= 4 is 5.65 Å². The average Bonchev–Trinajstić information content (AvgIpc) is 2.43. The zero-order valence-corrected chi connectivity index (χ0v) is 6.52. The summed E-state index contributed by atoms with van der Waals surface area (Å²) in [6.45, 7) is 1.89. The average molecular weight is 158 g/mol. The first-order valence-corrected chi connectivity index (χ1v) is 3.52. The quantitative estimate of drug-likeness (QED) is 0.572. The van der Waals surface area contributed by atoms with E-state index in [1.165, 1.54) is 6.20 Å². The molecule has 0 spiro atoms. The molecule has 0 N–H and O–H groups in total. The van der Waals surface area contributed by atoms with Crippen LogP contribution in [0.1, 0.15) is 11.3 Å². The van der Waals surface area contributed by atoms with Gasteiger partial charge >= 0.3 is 0 Å². The minimum Gasteiger partial charge on any atom is -0.232 e. The van der Waals surface area contributed by atoms with Gasteiger partial charge in [-0.15, -0.1) is 0 Å². The largest absolute Gasteiger partial charge is 0.232 e. The first-order valence-electron chi connectivity index (χ1n) is 3.52. The van der Waals surface area contributed by atoms with Gasteiger partial charge in [0.15, 0.2) is 5.65 Å². The van der Waals surface area contributed by atoms with Gasteiger partial charge in [-0.1, -0.05) is 0 Å². The number of rotatable bonds is 0. The van der Waals surface area contributed by atoms with E-state index in [0.717, 1.165) is 5.69 Å². The fourth-order valence-electron chi connectivity index (χ4n) is 1.06. The predicted octanol–water partition coefficient (Wildman–Crippen LogP) is 0.909. The molecule has 0 bridgehead atoms. The molecule has 0 radical (unpaired) electrons. The van der Waals surface area contributed by atoms with E-state index in [9.17, 15) is 0 Å². The summed E-state index contributed by atoms with van der Waals surface area (Å²) >= 11 is 0. The molecule has 2 aromatic heterocycles. The second kappa shape index (κ2) is 2.31. The SMILES string of the molecule is Cc1cn2ncc(C#N)cc2n1. The second-order valence-electron chi connectivity index (χ2n) is 2.54. The molecule has 0 unspecified atom stereocenters. The van der Waals surface area contributed by atoms with Crippen LogP contribution in [0.25, 0.3) is 5.65 Å². The molecule has 0 saturated heterocycles. The smallest absolute Gasteiger partial charge is 0.155 e. The van der Waals surface area contributed by atoms with E-state index in [2.05, 4.69) is 10.1 Å². The monoisotopic (exact) mass is 158 g/mol. The highest BCUT2D eigenvalue weighted by atomic mass is 15.2. The molecule has 2 heterocycles. The molecule has 58 valence electrons. The second-order valence-corrected chi connectivity index (χ2v) is 2.54. The third-order valence-electron chi connectivity index (χ3n) is 1.57. The number of aromatic nitrogens is 3. The molecule has 2 rings (SSSR count). The van der Waals surface area contributed by atoms with Gasteiger partial charge in [0.05, 0.1) is 23.7 Å². The van der Waals surface area contributed by atoms with Crippen molar-refractivity contribution in [2.75, 3.05) is 0 Å². The highest BCUT2D eigenvalue weighted by Gasteiger charge is 1.98. The summed E-state index contributed by atoms with van der Waals surface area (Å²) in [6, 6.07) is 3.72. The summed E-state index contributed by atoms with van der Waals surface area (Å²) in [5, 5.41) is 12.6. The van der Waals surface area contributed by atoms with Crippen molar-refractivity contribution in [1.29, 1.82) is 5.26 Å². The molecule has 0 fully saturated rings. The van der Waals surface area contributed by atoms with Crippen LogP contribution in [0.2, 0.25) is 0 Å². The van der Waals surface area contributed by atoms with Crippen LogP contribution in [0.5, 0.6) is 0 Å². The lowest BCUT2D eigenvalue weighted by molar-refractivity contribution is 0.931. The molecule has 0 atom stereocenters. The lowest BCUT2D eigenvalue weighted by atomic mass is 10.3. The lowest BCUT2D eigenvalue weighted by Gasteiger charge is -1.89. The van der Waals surface area contributed by atoms with Gasteiger partial charge < -0.3 is 0 Å². The summed E-state index contributed by atoms with van der Waals surface area (Å²) < 4.78 is 1.65. The fourth-order valence-corrected chi connectivity index (χ4v) is 1.06. The van der Waals surface area contributed by atoms with E-state index >= 15 is 0 Å². The van der Waals surface area contributed by atoms with Crippen LogP contribution in [0.15, 0.2) is 18.5 Å². The number of nitriles is 1. The Labute approximate surface area is 69.1 Å². The van der Waals surface area contributed by atoms with Gasteiger partial charge in [-0.05, 0) is 6.92 Å². The summed E-state index contributed by atoms with van der Waals surface area (Å²) in [5.41, 5.74) is 2.15. The predicted molar refractivity (Wildman–Crippen MR) is 42.4 cm³/mol. The summed E-state index contributed by atoms with van der Waals surface area (Å²) in [7, 11) is 0. The number of hydrogen-bond acceptors (Lipinski definition) is 3. The third kappa shape index (κ3) is 0.920. The zero-order valence-electron chi connectivity index (χ0n) is 6.52. The molecule has 0 aliphatic heterocycles. The normalized spacial score (nSPS) is 10.0. The van der Waals surface area contributed by atoms with E-state index < -0.39 is 0 Å². The van der Waals surface area contributed by atoms with Crippen molar-refractivity contribution in [3.8, 4) is 6.07 Å². The maximum absolute atomic E-state index is 8.58. The Bertz CT molecular complexity index is 463. The summed E-state index contributed by atoms with van der Waals surface area (Å²) in [4.78, 5) is 4.17. The summed E-state index contributed by atoms with van der Waals surface area (Å²) in [5.74, 6) is 0. The van der Waals surface area contributed by atoms with Crippen LogP contribution in [0, 0.1) is 18.3 Å². The molecule has 0 amide bonds. The maximum atomic E-state index is 8.58. The van der Waals surface area contributed by atoms with E-state index in [4.69, 9.17) is 5.26 Å². The van der Waals surface area contributed by atoms with Gasteiger partial charge in [-0.25, -0.2) is 9.50 Å². The van der Waals surface area contributed by atoms with Crippen molar-refractivity contribution in [1.82, 2.24) is 14.6 Å². The molecule has 4 nitrogen and oxygen atoms in total. The van der Waals surface area contributed by atoms with Gasteiger partial charge in [-0.3, -0.25) is 0 Å². The van der Waals surface area contributed by atoms with E-state index in [-0.39, 0.29) is 0 Å². The van der Waals surface area contributed by atoms with Crippen molar-refractivity contribution < 1.29 is 0 Å². The maximum Gasteiger partial charge on any atom is 0.155 e. The van der Waals surface area contributed by atoms with Crippen LogP contribution in [0.3, 0.4) is 0 Å². The van der Waals surface area contributed by atoms with Crippen LogP contribution in [-0.2, 0) is 0 Å². The van der Waals surface area contributed by atoms with Crippen molar-refractivity contribution in [3.05, 3.63) is 29.7 Å². The fraction of sp³-hybridized carbons (Fsp3) is 0.125. The summed E-state index contributed by atoms with van der Waals surface area (Å²) in [6.07, 6.45) is 3.34. The number of hydrogen-bond donors (Lipinski definition) is 0. The van der Waals surface area contributed by atoms with E-state index in [0.29, 0.717) is 11.2 Å². The van der Waals surface area contributed by atoms with Crippen molar-refractivity contribution in [3.63, 3.8) is 0 Å². The van der Waals surface area contributed by atoms with Gasteiger partial charge in [0.1, 0.15) is 6.07 Å². The Balaban J connectivity index is 2.77. The van der Waals surface area contributed by atoms with Gasteiger partial charge in [-0.2, -0.15) is 10.4 Å². The number of aryl methyl sites for hydroxylation is 1. The standard InChI is InChI=1S/C8H6N4/c1-6-5-12-8(11-6)2-7(3-9)4-10-12/h2,4-5H,1H3. The first kappa shape index (κ1) is 6.80. The van der Waals surface area contributed by atoms with E-state index in [1.54, 1.807) is 10.6 Å². The first-order chi connectivity index (χ1) is 5.79. The molecule has 0 aliphatic rings. The molecule has 12 heavy (non-hydrogen) atoms. The number of imidazole rings is 1. The van der Waals surface area contributed by atoms with E-state index in [1.807, 2.05) is 19.2 Å². The minimum absolute atomic E-state index is 0.535. The molecule has 0 aromatic carbocycles. The van der Waals surface area contributed by atoms with Crippen LogP contribution < -0.4 is 0 Å². The molecular weight excluding hydrogens is 152 g/mol. The Hall–Kier alpha value is -1.89. The number of fused-ring (bicyclic) bond motifs is 1. The lowest BCUT2D eigenvalue weighted by Crippen LogP contribution is -1.89. The van der Waals surface area contributed by atoms with Gasteiger partial charge in [0.2, 0.25) is 0 Å². The van der Waals surface area contributed by atoms with Crippen molar-refractivity contribution in [2.24, 2.45) is 0 Å². The molecule has 0 saturated carbocycles. The zero-order chi connectivity index (χ0) is 8.55. The third-order valence-corrected chi connectivity index (χ3v) is 1.57. The van der Waals surface area contributed by atoms with Crippen molar-refractivity contribution in [2.45, 2.75) is 6.92 Å².